The van der Waals surface area contributed by atoms with Gasteiger partial charge in [0.25, 0.3) is 6.43 Å². The third-order valence-electron chi connectivity index (χ3n) is 7.10. The Hall–Kier alpha value is -2.55. The number of carbonyl (C=O) groups is 1. The monoisotopic (exact) mass is 436 g/mol. The lowest BCUT2D eigenvalue weighted by Gasteiger charge is -2.41. The van der Waals surface area contributed by atoms with Crippen molar-refractivity contribution >= 4 is 5.91 Å². The number of hydrogen-bond acceptors (Lipinski definition) is 4. The van der Waals surface area contributed by atoms with Crippen LogP contribution in [0.2, 0.25) is 0 Å². The van der Waals surface area contributed by atoms with Gasteiger partial charge in [-0.05, 0) is 47.9 Å². The Morgan fingerprint density at radius 1 is 1.26 bits per heavy atom. The molecule has 1 fully saturated rings. The summed E-state index contributed by atoms with van der Waals surface area (Å²) in [6.45, 7) is 3.40. The Morgan fingerprint density at radius 2 is 1.94 bits per heavy atom. The number of benzene rings is 1. The summed E-state index contributed by atoms with van der Waals surface area (Å²) >= 11 is 0. The van der Waals surface area contributed by atoms with Gasteiger partial charge in [0.1, 0.15) is 11.6 Å². The standard InChI is InChI=1S/C22H24F4N4O/c1-21(2)13-6-7-22(21,11-30(9-17(25)26)10-18(27)31)20-12(13)8-16(28-29-20)19-14(23)4-3-5-15(19)24/h3-5,8,13,17H,6-7,9-11H2,1-2H3,(H2,27,31)/t13-,22-/m0/s1. The van der Waals surface area contributed by atoms with Gasteiger partial charge < -0.3 is 5.73 Å². The number of carbonyl (C=O) groups excluding carboxylic acids is 1. The molecule has 4 rings (SSSR count). The van der Waals surface area contributed by atoms with Crippen molar-refractivity contribution in [2.24, 2.45) is 11.1 Å². The van der Waals surface area contributed by atoms with E-state index in [1.165, 1.54) is 11.0 Å². The van der Waals surface area contributed by atoms with Crippen LogP contribution in [0.25, 0.3) is 11.3 Å². The van der Waals surface area contributed by atoms with E-state index in [0.29, 0.717) is 12.1 Å². The molecule has 2 aromatic rings. The van der Waals surface area contributed by atoms with Gasteiger partial charge in [0, 0.05) is 12.0 Å². The molecule has 0 spiro atoms. The summed E-state index contributed by atoms with van der Waals surface area (Å²) in [6, 6.07) is 5.28. The van der Waals surface area contributed by atoms with Crippen molar-refractivity contribution in [2.75, 3.05) is 19.6 Å². The molecule has 1 aromatic heterocycles. The Bertz CT molecular complexity index is 1010. The summed E-state index contributed by atoms with van der Waals surface area (Å²) in [6.07, 6.45) is -1.14. The largest absolute Gasteiger partial charge is 0.369 e. The Morgan fingerprint density at radius 3 is 2.55 bits per heavy atom. The summed E-state index contributed by atoms with van der Waals surface area (Å²) in [5.74, 6) is -2.10. The molecule has 5 nitrogen and oxygen atoms in total. The van der Waals surface area contributed by atoms with E-state index in [4.69, 9.17) is 5.73 Å². The van der Waals surface area contributed by atoms with Crippen LogP contribution >= 0.6 is 0 Å². The SMILES string of the molecule is CC1(C)[C@H]2CC[C@]1(CN(CC(N)=O)CC(F)F)c1nnc(-c3c(F)cccc3F)cc12. The van der Waals surface area contributed by atoms with Crippen LogP contribution in [-0.4, -0.2) is 47.1 Å². The average molecular weight is 436 g/mol. The van der Waals surface area contributed by atoms with Crippen LogP contribution in [0, 0.1) is 17.0 Å². The highest BCUT2D eigenvalue weighted by molar-refractivity contribution is 5.76. The molecule has 1 saturated carbocycles. The van der Waals surface area contributed by atoms with Gasteiger partial charge in [0.15, 0.2) is 0 Å². The highest BCUT2D eigenvalue weighted by Crippen LogP contribution is 2.67. The molecule has 0 unspecified atom stereocenters. The maximum absolute atomic E-state index is 14.3. The third kappa shape index (κ3) is 3.39. The van der Waals surface area contributed by atoms with Crippen LogP contribution in [-0.2, 0) is 10.2 Å². The van der Waals surface area contributed by atoms with Crippen molar-refractivity contribution in [1.29, 1.82) is 0 Å². The van der Waals surface area contributed by atoms with E-state index in [1.807, 2.05) is 13.8 Å². The fourth-order valence-electron chi connectivity index (χ4n) is 5.62. The predicted octanol–water partition coefficient (Wildman–Crippen LogP) is 3.63. The molecule has 0 saturated heterocycles. The van der Waals surface area contributed by atoms with Crippen molar-refractivity contribution in [1.82, 2.24) is 15.1 Å². The van der Waals surface area contributed by atoms with Crippen LogP contribution in [0.3, 0.4) is 0 Å². The lowest BCUT2D eigenvalue weighted by atomic mass is 9.68. The topological polar surface area (TPSA) is 72.1 Å². The van der Waals surface area contributed by atoms with Crippen molar-refractivity contribution in [3.05, 3.63) is 47.2 Å². The van der Waals surface area contributed by atoms with Crippen LogP contribution in [0.1, 0.15) is 43.9 Å². The Labute approximate surface area is 177 Å². The first-order chi connectivity index (χ1) is 14.6. The van der Waals surface area contributed by atoms with E-state index in [9.17, 15) is 22.4 Å². The second-order valence-corrected chi connectivity index (χ2v) is 9.05. The number of hydrogen-bond donors (Lipinski definition) is 1. The molecular weight excluding hydrogens is 412 g/mol. The maximum atomic E-state index is 14.3. The number of halogens is 4. The van der Waals surface area contributed by atoms with Crippen molar-refractivity contribution in [2.45, 2.75) is 44.4 Å². The predicted molar refractivity (Wildman–Crippen MR) is 106 cm³/mol. The van der Waals surface area contributed by atoms with Gasteiger partial charge in [-0.3, -0.25) is 9.69 Å². The van der Waals surface area contributed by atoms with Crippen LogP contribution < -0.4 is 5.73 Å². The molecule has 2 aliphatic carbocycles. The Kier molecular flexibility index (Phi) is 5.28. The number of alkyl halides is 2. The molecule has 0 aliphatic heterocycles. The zero-order chi connectivity index (χ0) is 22.6. The second-order valence-electron chi connectivity index (χ2n) is 9.05. The van der Waals surface area contributed by atoms with E-state index < -0.39 is 35.9 Å². The van der Waals surface area contributed by atoms with E-state index in [0.717, 1.165) is 24.1 Å². The highest BCUT2D eigenvalue weighted by Gasteiger charge is 2.63. The van der Waals surface area contributed by atoms with Crippen molar-refractivity contribution < 1.29 is 22.4 Å². The number of primary amides is 1. The smallest absolute Gasteiger partial charge is 0.251 e. The summed E-state index contributed by atoms with van der Waals surface area (Å²) < 4.78 is 54.9. The first-order valence-electron chi connectivity index (χ1n) is 10.2. The maximum Gasteiger partial charge on any atom is 0.251 e. The number of amides is 1. The van der Waals surface area contributed by atoms with Crippen LogP contribution in [0.5, 0.6) is 0 Å². The Balaban J connectivity index is 1.78. The van der Waals surface area contributed by atoms with E-state index >= 15 is 0 Å². The molecule has 166 valence electrons. The van der Waals surface area contributed by atoms with Crippen LogP contribution in [0.4, 0.5) is 17.6 Å². The van der Waals surface area contributed by atoms with E-state index in [2.05, 4.69) is 10.2 Å². The first kappa shape index (κ1) is 21.7. The number of nitrogens with zero attached hydrogens (tertiary/aromatic N) is 3. The van der Waals surface area contributed by atoms with Gasteiger partial charge in [-0.2, -0.15) is 10.2 Å². The highest BCUT2D eigenvalue weighted by atomic mass is 19.3. The molecule has 31 heavy (non-hydrogen) atoms. The molecule has 1 heterocycles. The lowest BCUT2D eigenvalue weighted by molar-refractivity contribution is -0.120. The number of fused-ring (bicyclic) bond motifs is 5. The van der Waals surface area contributed by atoms with Crippen molar-refractivity contribution in [3.63, 3.8) is 0 Å². The molecule has 1 amide bonds. The zero-order valence-electron chi connectivity index (χ0n) is 17.3. The fourth-order valence-corrected chi connectivity index (χ4v) is 5.62. The summed E-state index contributed by atoms with van der Waals surface area (Å²) in [5.41, 5.74) is 5.66. The number of rotatable bonds is 7. The minimum absolute atomic E-state index is 0.0357. The average Bonchev–Trinajstić information content (AvgIpc) is 3.00. The minimum atomic E-state index is -2.62. The van der Waals surface area contributed by atoms with Gasteiger partial charge >= 0.3 is 0 Å². The summed E-state index contributed by atoms with van der Waals surface area (Å²) in [5, 5.41) is 8.48. The number of aromatic nitrogens is 2. The molecule has 2 aliphatic rings. The van der Waals surface area contributed by atoms with E-state index in [1.54, 1.807) is 6.07 Å². The molecular formula is C22H24F4N4O. The van der Waals surface area contributed by atoms with Gasteiger partial charge in [0.05, 0.1) is 30.0 Å². The van der Waals surface area contributed by atoms with Crippen LogP contribution in [0.15, 0.2) is 24.3 Å². The van der Waals surface area contributed by atoms with Gasteiger partial charge in [-0.1, -0.05) is 19.9 Å². The first-order valence-corrected chi connectivity index (χ1v) is 10.2. The van der Waals surface area contributed by atoms with Gasteiger partial charge in [-0.25, -0.2) is 17.6 Å². The van der Waals surface area contributed by atoms with Gasteiger partial charge in [-0.15, -0.1) is 0 Å². The molecule has 1 aromatic carbocycles. The quantitative estimate of drug-likeness (QED) is 0.673. The summed E-state index contributed by atoms with van der Waals surface area (Å²) in [4.78, 5) is 12.9. The molecule has 2 N–H and O–H groups in total. The molecule has 0 radical (unpaired) electrons. The third-order valence-corrected chi connectivity index (χ3v) is 7.10. The minimum Gasteiger partial charge on any atom is -0.369 e. The second kappa shape index (κ2) is 7.55. The zero-order valence-corrected chi connectivity index (χ0v) is 17.3. The van der Waals surface area contributed by atoms with Gasteiger partial charge in [0.2, 0.25) is 5.91 Å². The lowest BCUT2D eigenvalue weighted by Crippen LogP contribution is -2.49. The molecule has 2 bridgehead atoms. The normalized spacial score (nSPS) is 23.5. The number of nitrogens with two attached hydrogens (primary N) is 1. The molecule has 2 atom stereocenters. The molecule has 9 heteroatoms. The van der Waals surface area contributed by atoms with Crippen molar-refractivity contribution in [3.8, 4) is 11.3 Å². The fraction of sp³-hybridized carbons (Fsp3) is 0.500. The van der Waals surface area contributed by atoms with E-state index in [-0.39, 0.29) is 35.7 Å². The summed E-state index contributed by atoms with van der Waals surface area (Å²) in [7, 11) is 0.